The average molecular weight is 314 g/mol. The fraction of sp³-hybridized carbons (Fsp3) is 0.278. The lowest BCUT2D eigenvalue weighted by Crippen LogP contribution is -2.16. The van der Waals surface area contributed by atoms with Gasteiger partial charge in [0.25, 0.3) is 0 Å². The van der Waals surface area contributed by atoms with Crippen LogP contribution >= 0.6 is 0 Å². The second kappa shape index (κ2) is 8.68. The maximum Gasteiger partial charge on any atom is 0.226 e. The van der Waals surface area contributed by atoms with Crippen molar-refractivity contribution in [1.29, 1.82) is 0 Å². The normalized spacial score (nSPS) is 10.0. The molecule has 0 aromatic heterocycles. The molecule has 2 N–H and O–H groups in total. The minimum Gasteiger partial charge on any atom is -0.497 e. The maximum absolute atomic E-state index is 11.9. The van der Waals surface area contributed by atoms with Crippen LogP contribution in [0, 0.1) is 0 Å². The molecule has 0 bridgehead atoms. The van der Waals surface area contributed by atoms with Crippen LogP contribution in [0.2, 0.25) is 0 Å². The lowest BCUT2D eigenvalue weighted by molar-refractivity contribution is -0.115. The molecule has 0 unspecified atom stereocenters. The largest absolute Gasteiger partial charge is 0.497 e. The van der Waals surface area contributed by atoms with E-state index >= 15 is 0 Å². The Morgan fingerprint density at radius 3 is 2.17 bits per heavy atom. The SMILES string of the molecule is CCOc1ccc(NCCC(=O)Nc2ccc(OC)cc2)cc1. The number of hydrogen-bond acceptors (Lipinski definition) is 4. The van der Waals surface area contributed by atoms with Crippen molar-refractivity contribution in [3.05, 3.63) is 48.5 Å². The van der Waals surface area contributed by atoms with Gasteiger partial charge in [0, 0.05) is 24.3 Å². The van der Waals surface area contributed by atoms with Crippen LogP contribution in [-0.2, 0) is 4.79 Å². The zero-order valence-electron chi connectivity index (χ0n) is 13.5. The Kier molecular flexibility index (Phi) is 6.29. The highest BCUT2D eigenvalue weighted by Crippen LogP contribution is 2.16. The summed E-state index contributed by atoms with van der Waals surface area (Å²) in [5.74, 6) is 1.57. The van der Waals surface area contributed by atoms with E-state index in [1.54, 1.807) is 7.11 Å². The topological polar surface area (TPSA) is 59.6 Å². The molecule has 5 heteroatoms. The van der Waals surface area contributed by atoms with E-state index in [1.165, 1.54) is 0 Å². The molecular formula is C18H22N2O3. The van der Waals surface area contributed by atoms with Gasteiger partial charge in [-0.05, 0) is 55.5 Å². The zero-order chi connectivity index (χ0) is 16.5. The number of benzene rings is 2. The fourth-order valence-electron chi connectivity index (χ4n) is 2.05. The van der Waals surface area contributed by atoms with Crippen LogP contribution in [0.3, 0.4) is 0 Å². The number of hydrogen-bond donors (Lipinski definition) is 2. The number of nitrogens with one attached hydrogen (secondary N) is 2. The Labute approximate surface area is 136 Å². The van der Waals surface area contributed by atoms with Gasteiger partial charge in [0.1, 0.15) is 11.5 Å². The quantitative estimate of drug-likeness (QED) is 0.782. The first-order chi connectivity index (χ1) is 11.2. The molecule has 2 aromatic rings. The zero-order valence-corrected chi connectivity index (χ0v) is 13.5. The van der Waals surface area contributed by atoms with Gasteiger partial charge in [0.2, 0.25) is 5.91 Å². The standard InChI is InChI=1S/C18H22N2O3/c1-3-23-17-10-4-14(5-11-17)19-13-12-18(21)20-15-6-8-16(22-2)9-7-15/h4-11,19H,3,12-13H2,1-2H3,(H,20,21). The summed E-state index contributed by atoms with van der Waals surface area (Å²) in [6, 6.07) is 14.9. The van der Waals surface area contributed by atoms with Crippen molar-refractivity contribution in [2.24, 2.45) is 0 Å². The van der Waals surface area contributed by atoms with Gasteiger partial charge in [-0.25, -0.2) is 0 Å². The lowest BCUT2D eigenvalue weighted by atomic mass is 10.2. The first kappa shape index (κ1) is 16.7. The predicted molar refractivity (Wildman–Crippen MR) is 92.3 cm³/mol. The van der Waals surface area contributed by atoms with Gasteiger partial charge in [-0.3, -0.25) is 4.79 Å². The van der Waals surface area contributed by atoms with Crippen LogP contribution in [0.1, 0.15) is 13.3 Å². The minimum atomic E-state index is -0.0337. The van der Waals surface area contributed by atoms with E-state index in [-0.39, 0.29) is 5.91 Å². The average Bonchev–Trinajstić information content (AvgIpc) is 2.57. The number of carbonyl (C=O) groups excluding carboxylic acids is 1. The molecule has 0 aliphatic heterocycles. The third kappa shape index (κ3) is 5.54. The molecule has 0 aliphatic carbocycles. The number of rotatable bonds is 8. The molecule has 0 saturated heterocycles. The summed E-state index contributed by atoms with van der Waals surface area (Å²) in [6.45, 7) is 3.17. The Hall–Kier alpha value is -2.69. The molecule has 0 spiro atoms. The Morgan fingerprint density at radius 2 is 1.57 bits per heavy atom. The molecule has 0 aliphatic rings. The van der Waals surface area contributed by atoms with E-state index in [2.05, 4.69) is 10.6 Å². The van der Waals surface area contributed by atoms with Gasteiger partial charge in [-0.15, -0.1) is 0 Å². The van der Waals surface area contributed by atoms with Crippen LogP contribution in [0.4, 0.5) is 11.4 Å². The Bertz CT molecular complexity index is 609. The molecule has 1 amide bonds. The molecule has 0 heterocycles. The molecule has 0 atom stereocenters. The molecule has 0 saturated carbocycles. The van der Waals surface area contributed by atoms with E-state index in [9.17, 15) is 4.79 Å². The summed E-state index contributed by atoms with van der Waals surface area (Å²) in [7, 11) is 1.61. The molecule has 2 rings (SSSR count). The summed E-state index contributed by atoms with van der Waals surface area (Å²) < 4.78 is 10.5. The molecule has 5 nitrogen and oxygen atoms in total. The smallest absolute Gasteiger partial charge is 0.226 e. The van der Waals surface area contributed by atoms with Crippen LogP contribution in [-0.4, -0.2) is 26.2 Å². The highest BCUT2D eigenvalue weighted by Gasteiger charge is 2.03. The summed E-state index contributed by atoms with van der Waals surface area (Å²) in [6.07, 6.45) is 0.388. The van der Waals surface area contributed by atoms with E-state index in [4.69, 9.17) is 9.47 Å². The Balaban J connectivity index is 1.73. The highest BCUT2D eigenvalue weighted by molar-refractivity contribution is 5.91. The first-order valence-electron chi connectivity index (χ1n) is 7.62. The van der Waals surface area contributed by atoms with Crippen LogP contribution in [0.15, 0.2) is 48.5 Å². The summed E-state index contributed by atoms with van der Waals surface area (Å²) in [5.41, 5.74) is 1.72. The van der Waals surface area contributed by atoms with Gasteiger partial charge < -0.3 is 20.1 Å². The third-order valence-electron chi connectivity index (χ3n) is 3.22. The maximum atomic E-state index is 11.9. The summed E-state index contributed by atoms with van der Waals surface area (Å²) >= 11 is 0. The number of anilines is 2. The van der Waals surface area contributed by atoms with E-state index in [0.29, 0.717) is 19.6 Å². The number of amides is 1. The predicted octanol–water partition coefficient (Wildman–Crippen LogP) is 3.53. The molecule has 2 aromatic carbocycles. The van der Waals surface area contributed by atoms with Gasteiger partial charge in [0.15, 0.2) is 0 Å². The number of ether oxygens (including phenoxy) is 2. The van der Waals surface area contributed by atoms with Crippen molar-refractivity contribution in [3.8, 4) is 11.5 Å². The van der Waals surface area contributed by atoms with Crippen LogP contribution < -0.4 is 20.1 Å². The van der Waals surface area contributed by atoms with E-state index in [0.717, 1.165) is 22.9 Å². The number of methoxy groups -OCH3 is 1. The van der Waals surface area contributed by atoms with E-state index in [1.807, 2.05) is 55.5 Å². The minimum absolute atomic E-state index is 0.0337. The van der Waals surface area contributed by atoms with Crippen molar-refractivity contribution in [2.75, 3.05) is 30.9 Å². The van der Waals surface area contributed by atoms with Crippen LogP contribution in [0.25, 0.3) is 0 Å². The van der Waals surface area contributed by atoms with E-state index < -0.39 is 0 Å². The second-order valence-electron chi connectivity index (χ2n) is 4.91. The summed E-state index contributed by atoms with van der Waals surface area (Å²) in [4.78, 5) is 11.9. The molecule has 23 heavy (non-hydrogen) atoms. The van der Waals surface area contributed by atoms with Crippen molar-refractivity contribution in [3.63, 3.8) is 0 Å². The van der Waals surface area contributed by atoms with Crippen molar-refractivity contribution >= 4 is 17.3 Å². The molecule has 122 valence electrons. The highest BCUT2D eigenvalue weighted by atomic mass is 16.5. The summed E-state index contributed by atoms with van der Waals surface area (Å²) in [5, 5.41) is 6.06. The molecule has 0 radical (unpaired) electrons. The molecular weight excluding hydrogens is 292 g/mol. The van der Waals surface area contributed by atoms with Crippen molar-refractivity contribution < 1.29 is 14.3 Å². The van der Waals surface area contributed by atoms with Gasteiger partial charge in [-0.2, -0.15) is 0 Å². The van der Waals surface area contributed by atoms with Crippen molar-refractivity contribution in [2.45, 2.75) is 13.3 Å². The molecule has 0 fully saturated rings. The third-order valence-corrected chi connectivity index (χ3v) is 3.22. The van der Waals surface area contributed by atoms with Gasteiger partial charge >= 0.3 is 0 Å². The lowest BCUT2D eigenvalue weighted by Gasteiger charge is -2.09. The Morgan fingerprint density at radius 1 is 0.957 bits per heavy atom. The first-order valence-corrected chi connectivity index (χ1v) is 7.62. The second-order valence-corrected chi connectivity index (χ2v) is 4.91. The monoisotopic (exact) mass is 314 g/mol. The van der Waals surface area contributed by atoms with Gasteiger partial charge in [0.05, 0.1) is 13.7 Å². The van der Waals surface area contributed by atoms with Crippen molar-refractivity contribution in [1.82, 2.24) is 0 Å². The fourth-order valence-corrected chi connectivity index (χ4v) is 2.05. The van der Waals surface area contributed by atoms with Gasteiger partial charge in [-0.1, -0.05) is 0 Å². The number of carbonyl (C=O) groups is 1. The van der Waals surface area contributed by atoms with Crippen LogP contribution in [0.5, 0.6) is 11.5 Å².